The van der Waals surface area contributed by atoms with Crippen LogP contribution in [-0.4, -0.2) is 24.2 Å². The van der Waals surface area contributed by atoms with Gasteiger partial charge in [0, 0.05) is 18.8 Å². The fourth-order valence-corrected chi connectivity index (χ4v) is 2.61. The van der Waals surface area contributed by atoms with Crippen LogP contribution in [0.4, 0.5) is 5.82 Å². The van der Waals surface area contributed by atoms with Gasteiger partial charge >= 0.3 is 0 Å². The van der Waals surface area contributed by atoms with Gasteiger partial charge in [-0.05, 0) is 43.7 Å². The number of ether oxygens (including phenoxy) is 1. The van der Waals surface area contributed by atoms with Gasteiger partial charge in [-0.25, -0.2) is 4.98 Å². The zero-order valence-electron chi connectivity index (χ0n) is 11.8. The molecule has 1 heterocycles. The molecule has 3 N–H and O–H groups in total. The SMILES string of the molecule is CCCOc1cccnc1NCC1CCCC(N)C1. The van der Waals surface area contributed by atoms with Crippen LogP contribution in [0.5, 0.6) is 5.75 Å². The predicted octanol–water partition coefficient (Wildman–Crippen LogP) is 2.80. The van der Waals surface area contributed by atoms with Gasteiger partial charge in [-0.2, -0.15) is 0 Å². The van der Waals surface area contributed by atoms with Gasteiger partial charge in [0.15, 0.2) is 11.6 Å². The van der Waals surface area contributed by atoms with Crippen LogP contribution in [-0.2, 0) is 0 Å². The minimum absolute atomic E-state index is 0.375. The van der Waals surface area contributed by atoms with E-state index in [1.165, 1.54) is 19.3 Å². The highest BCUT2D eigenvalue weighted by Gasteiger charge is 2.19. The second kappa shape index (κ2) is 7.34. The standard InChI is InChI=1S/C15H25N3O/c1-2-9-19-14-7-4-8-17-15(14)18-11-12-5-3-6-13(16)10-12/h4,7-8,12-13H,2-3,5-6,9-11,16H2,1H3,(H,17,18). The quantitative estimate of drug-likeness (QED) is 0.828. The van der Waals surface area contributed by atoms with E-state index in [0.29, 0.717) is 12.0 Å². The third-order valence-electron chi connectivity index (χ3n) is 3.61. The molecular formula is C15H25N3O. The van der Waals surface area contributed by atoms with E-state index in [1.54, 1.807) is 6.20 Å². The van der Waals surface area contributed by atoms with Crippen molar-refractivity contribution < 1.29 is 4.74 Å². The van der Waals surface area contributed by atoms with Crippen LogP contribution in [0.25, 0.3) is 0 Å². The summed E-state index contributed by atoms with van der Waals surface area (Å²) in [6.07, 6.45) is 7.60. The van der Waals surface area contributed by atoms with Crippen molar-refractivity contribution in [1.82, 2.24) is 4.98 Å². The molecule has 0 saturated heterocycles. The molecule has 106 valence electrons. The molecule has 1 saturated carbocycles. The van der Waals surface area contributed by atoms with Crippen LogP contribution >= 0.6 is 0 Å². The lowest BCUT2D eigenvalue weighted by Crippen LogP contribution is -2.31. The summed E-state index contributed by atoms with van der Waals surface area (Å²) in [5.41, 5.74) is 6.02. The average molecular weight is 263 g/mol. The van der Waals surface area contributed by atoms with E-state index in [-0.39, 0.29) is 0 Å². The number of hydrogen-bond acceptors (Lipinski definition) is 4. The van der Waals surface area contributed by atoms with E-state index in [0.717, 1.165) is 37.6 Å². The molecule has 0 spiro atoms. The molecule has 0 bridgehead atoms. The summed E-state index contributed by atoms with van der Waals surface area (Å²) >= 11 is 0. The zero-order chi connectivity index (χ0) is 13.5. The van der Waals surface area contributed by atoms with Crippen LogP contribution in [0.2, 0.25) is 0 Å². The summed E-state index contributed by atoms with van der Waals surface area (Å²) < 4.78 is 5.70. The molecule has 0 aromatic carbocycles. The third kappa shape index (κ3) is 4.39. The van der Waals surface area contributed by atoms with Gasteiger partial charge in [0.05, 0.1) is 6.61 Å². The van der Waals surface area contributed by atoms with Crippen LogP contribution in [0, 0.1) is 5.92 Å². The lowest BCUT2D eigenvalue weighted by molar-refractivity contribution is 0.315. The van der Waals surface area contributed by atoms with Gasteiger partial charge in [0.1, 0.15) is 0 Å². The van der Waals surface area contributed by atoms with Crippen LogP contribution in [0.15, 0.2) is 18.3 Å². The Morgan fingerprint density at radius 1 is 1.47 bits per heavy atom. The second-order valence-corrected chi connectivity index (χ2v) is 5.37. The zero-order valence-corrected chi connectivity index (χ0v) is 11.8. The third-order valence-corrected chi connectivity index (χ3v) is 3.61. The first-order valence-electron chi connectivity index (χ1n) is 7.37. The number of nitrogens with two attached hydrogens (primary N) is 1. The van der Waals surface area contributed by atoms with Crippen LogP contribution in [0.1, 0.15) is 39.0 Å². The minimum Gasteiger partial charge on any atom is -0.490 e. The second-order valence-electron chi connectivity index (χ2n) is 5.37. The highest BCUT2D eigenvalue weighted by molar-refractivity contribution is 5.49. The number of hydrogen-bond donors (Lipinski definition) is 2. The van der Waals surface area contributed by atoms with Gasteiger partial charge < -0.3 is 15.8 Å². The summed E-state index contributed by atoms with van der Waals surface area (Å²) in [5, 5.41) is 3.42. The Morgan fingerprint density at radius 3 is 3.16 bits per heavy atom. The van der Waals surface area contributed by atoms with Crippen molar-refractivity contribution in [2.24, 2.45) is 11.7 Å². The maximum absolute atomic E-state index is 6.02. The maximum Gasteiger partial charge on any atom is 0.168 e. The van der Waals surface area contributed by atoms with Crippen molar-refractivity contribution in [1.29, 1.82) is 0 Å². The van der Waals surface area contributed by atoms with Crippen LogP contribution in [0.3, 0.4) is 0 Å². The molecule has 1 aromatic heterocycles. The fraction of sp³-hybridized carbons (Fsp3) is 0.667. The van der Waals surface area contributed by atoms with Gasteiger partial charge in [0.2, 0.25) is 0 Å². The monoisotopic (exact) mass is 263 g/mol. The smallest absolute Gasteiger partial charge is 0.168 e. The minimum atomic E-state index is 0.375. The highest BCUT2D eigenvalue weighted by Crippen LogP contribution is 2.25. The number of aromatic nitrogens is 1. The summed E-state index contributed by atoms with van der Waals surface area (Å²) in [4.78, 5) is 4.37. The number of nitrogens with zero attached hydrogens (tertiary/aromatic N) is 1. The largest absolute Gasteiger partial charge is 0.490 e. The Hall–Kier alpha value is -1.29. The van der Waals surface area contributed by atoms with E-state index in [9.17, 15) is 0 Å². The molecule has 0 aliphatic heterocycles. The number of pyridine rings is 1. The Labute approximate surface area is 115 Å². The predicted molar refractivity (Wildman–Crippen MR) is 78.4 cm³/mol. The van der Waals surface area contributed by atoms with Crippen LogP contribution < -0.4 is 15.8 Å². The van der Waals surface area contributed by atoms with E-state index in [2.05, 4.69) is 17.2 Å². The van der Waals surface area contributed by atoms with Gasteiger partial charge in [-0.3, -0.25) is 0 Å². The summed E-state index contributed by atoms with van der Waals surface area (Å²) in [5.74, 6) is 2.37. The lowest BCUT2D eigenvalue weighted by Gasteiger charge is -2.27. The number of rotatable bonds is 6. The van der Waals surface area contributed by atoms with Gasteiger partial charge in [0.25, 0.3) is 0 Å². The molecule has 2 rings (SSSR count). The average Bonchev–Trinajstić information content (AvgIpc) is 2.44. The summed E-state index contributed by atoms with van der Waals surface area (Å²) in [6, 6.07) is 4.25. The molecule has 1 aliphatic carbocycles. The highest BCUT2D eigenvalue weighted by atomic mass is 16.5. The Kier molecular flexibility index (Phi) is 5.45. The Morgan fingerprint density at radius 2 is 2.37 bits per heavy atom. The molecule has 19 heavy (non-hydrogen) atoms. The Bertz CT molecular complexity index is 383. The topological polar surface area (TPSA) is 60.2 Å². The van der Waals surface area contributed by atoms with E-state index >= 15 is 0 Å². The van der Waals surface area contributed by atoms with Gasteiger partial charge in [-0.1, -0.05) is 13.3 Å². The molecule has 0 amide bonds. The molecule has 4 heteroatoms. The summed E-state index contributed by atoms with van der Waals surface area (Å²) in [7, 11) is 0. The van der Waals surface area contributed by atoms with E-state index in [4.69, 9.17) is 10.5 Å². The molecule has 2 atom stereocenters. The Balaban J connectivity index is 1.87. The number of anilines is 1. The molecule has 2 unspecified atom stereocenters. The van der Waals surface area contributed by atoms with Gasteiger partial charge in [-0.15, -0.1) is 0 Å². The molecule has 4 nitrogen and oxygen atoms in total. The molecule has 1 aromatic rings. The molecule has 1 fully saturated rings. The maximum atomic E-state index is 6.02. The lowest BCUT2D eigenvalue weighted by atomic mass is 9.86. The molecular weight excluding hydrogens is 238 g/mol. The first kappa shape index (κ1) is 14.1. The van der Waals surface area contributed by atoms with Crippen molar-refractivity contribution in [3.63, 3.8) is 0 Å². The fourth-order valence-electron chi connectivity index (χ4n) is 2.61. The first-order chi connectivity index (χ1) is 9.29. The van der Waals surface area contributed by atoms with Crippen molar-refractivity contribution in [3.8, 4) is 5.75 Å². The summed E-state index contributed by atoms with van der Waals surface area (Å²) in [6.45, 7) is 3.77. The van der Waals surface area contributed by atoms with Crippen molar-refractivity contribution in [3.05, 3.63) is 18.3 Å². The van der Waals surface area contributed by atoms with Crippen molar-refractivity contribution in [2.75, 3.05) is 18.5 Å². The normalized spacial score (nSPS) is 23.1. The first-order valence-corrected chi connectivity index (χ1v) is 7.37. The van der Waals surface area contributed by atoms with E-state index < -0.39 is 0 Å². The van der Waals surface area contributed by atoms with Crippen molar-refractivity contribution >= 4 is 5.82 Å². The molecule has 0 radical (unpaired) electrons. The van der Waals surface area contributed by atoms with E-state index in [1.807, 2.05) is 12.1 Å². The molecule has 1 aliphatic rings. The number of nitrogens with one attached hydrogen (secondary N) is 1. The van der Waals surface area contributed by atoms with Crippen molar-refractivity contribution in [2.45, 2.75) is 45.1 Å².